The minimum absolute atomic E-state index is 0.333. The number of carbonyl (C=O) groups is 1. The summed E-state index contributed by atoms with van der Waals surface area (Å²) in [5.41, 5.74) is 2.68. The van der Waals surface area contributed by atoms with Gasteiger partial charge in [-0.15, -0.1) is 0 Å². The van der Waals surface area contributed by atoms with Crippen LogP contribution in [0, 0.1) is 0 Å². The van der Waals surface area contributed by atoms with Crippen LogP contribution in [0.15, 0.2) is 65.1 Å². The fourth-order valence-electron chi connectivity index (χ4n) is 2.25. The van der Waals surface area contributed by atoms with Gasteiger partial charge in [-0.05, 0) is 23.8 Å². The molecule has 3 aromatic rings. The maximum Gasteiger partial charge on any atom is 0.324 e. The summed E-state index contributed by atoms with van der Waals surface area (Å²) in [5.74, 6) is 0.499. The van der Waals surface area contributed by atoms with E-state index in [9.17, 15) is 4.79 Å². The molecule has 0 aliphatic heterocycles. The van der Waals surface area contributed by atoms with Gasteiger partial charge in [0, 0.05) is 23.3 Å². The van der Waals surface area contributed by atoms with Gasteiger partial charge in [-0.3, -0.25) is 10.00 Å². The molecule has 0 aliphatic rings. The molecule has 23 heavy (non-hydrogen) atoms. The lowest BCUT2D eigenvalue weighted by molar-refractivity contribution is 0.262. The van der Waals surface area contributed by atoms with Crippen molar-refractivity contribution in [3.8, 4) is 11.3 Å². The Morgan fingerprint density at radius 2 is 1.83 bits per heavy atom. The van der Waals surface area contributed by atoms with Gasteiger partial charge in [-0.2, -0.15) is 5.10 Å². The first kappa shape index (κ1) is 15.3. The summed E-state index contributed by atoms with van der Waals surface area (Å²) in [6.45, 7) is 0. The van der Waals surface area contributed by atoms with Crippen LogP contribution in [0.2, 0.25) is 0 Å². The molecule has 0 fully saturated rings. The lowest BCUT2D eigenvalue weighted by atomic mass is 10.1. The number of aromatic nitrogens is 2. The van der Waals surface area contributed by atoms with Crippen molar-refractivity contribution in [2.75, 3.05) is 10.6 Å². The standard InChI is InChI=1S/C17H15BrN4O/c1-22-15(12-6-3-2-4-7-12)11-16(21-22)20-17(23)19-14-9-5-8-13(18)10-14/h2-11H,1H3,(H2,19,20,21,23). The minimum Gasteiger partial charge on any atom is -0.308 e. The van der Waals surface area contributed by atoms with Crippen molar-refractivity contribution >= 4 is 33.5 Å². The van der Waals surface area contributed by atoms with Crippen LogP contribution in [0.4, 0.5) is 16.3 Å². The quantitative estimate of drug-likeness (QED) is 0.713. The highest BCUT2D eigenvalue weighted by Gasteiger charge is 2.10. The number of nitrogens with one attached hydrogen (secondary N) is 2. The lowest BCUT2D eigenvalue weighted by Gasteiger charge is -2.05. The number of hydrogen-bond acceptors (Lipinski definition) is 2. The van der Waals surface area contributed by atoms with Crippen molar-refractivity contribution in [2.24, 2.45) is 7.05 Å². The van der Waals surface area contributed by atoms with E-state index in [0.29, 0.717) is 11.5 Å². The Bertz CT molecular complexity index is 830. The molecular formula is C17H15BrN4O. The zero-order valence-corrected chi connectivity index (χ0v) is 14.0. The predicted molar refractivity (Wildman–Crippen MR) is 95.4 cm³/mol. The fraction of sp³-hybridized carbons (Fsp3) is 0.0588. The number of carbonyl (C=O) groups excluding carboxylic acids is 1. The summed E-state index contributed by atoms with van der Waals surface area (Å²) in [6, 6.07) is 18.8. The van der Waals surface area contributed by atoms with Crippen molar-refractivity contribution in [3.63, 3.8) is 0 Å². The zero-order chi connectivity index (χ0) is 16.2. The minimum atomic E-state index is -0.333. The van der Waals surface area contributed by atoms with Crippen molar-refractivity contribution in [1.29, 1.82) is 0 Å². The van der Waals surface area contributed by atoms with E-state index >= 15 is 0 Å². The van der Waals surface area contributed by atoms with Gasteiger partial charge in [0.25, 0.3) is 0 Å². The van der Waals surface area contributed by atoms with Gasteiger partial charge in [0.05, 0.1) is 5.69 Å². The summed E-state index contributed by atoms with van der Waals surface area (Å²) in [5, 5.41) is 9.84. The zero-order valence-electron chi connectivity index (χ0n) is 12.5. The number of benzene rings is 2. The average Bonchev–Trinajstić information content (AvgIpc) is 2.88. The smallest absolute Gasteiger partial charge is 0.308 e. The Labute approximate surface area is 142 Å². The van der Waals surface area contributed by atoms with Crippen molar-refractivity contribution in [3.05, 3.63) is 65.1 Å². The summed E-state index contributed by atoms with van der Waals surface area (Å²) in [4.78, 5) is 12.1. The Morgan fingerprint density at radius 3 is 2.57 bits per heavy atom. The monoisotopic (exact) mass is 370 g/mol. The molecule has 2 aromatic carbocycles. The number of urea groups is 1. The van der Waals surface area contributed by atoms with Crippen LogP contribution in [0.25, 0.3) is 11.3 Å². The number of halogens is 1. The molecule has 0 saturated carbocycles. The number of anilines is 2. The van der Waals surface area contributed by atoms with E-state index in [1.807, 2.05) is 67.7 Å². The Morgan fingerprint density at radius 1 is 1.04 bits per heavy atom. The second kappa shape index (κ2) is 6.66. The van der Waals surface area contributed by atoms with Gasteiger partial charge in [0.1, 0.15) is 0 Å². The highest BCUT2D eigenvalue weighted by Crippen LogP contribution is 2.22. The van der Waals surface area contributed by atoms with Gasteiger partial charge in [-0.1, -0.05) is 52.3 Å². The molecule has 0 aliphatic carbocycles. The third-order valence-electron chi connectivity index (χ3n) is 3.27. The van der Waals surface area contributed by atoms with Crippen LogP contribution in [-0.4, -0.2) is 15.8 Å². The molecule has 0 unspecified atom stereocenters. The second-order valence-corrected chi connectivity index (χ2v) is 5.91. The Kier molecular flexibility index (Phi) is 4.43. The number of amides is 2. The summed E-state index contributed by atoms with van der Waals surface area (Å²) < 4.78 is 2.64. The van der Waals surface area contributed by atoms with Crippen molar-refractivity contribution < 1.29 is 4.79 Å². The Balaban J connectivity index is 1.72. The van der Waals surface area contributed by atoms with Crippen molar-refractivity contribution in [1.82, 2.24) is 9.78 Å². The Hall–Kier alpha value is -2.60. The van der Waals surface area contributed by atoms with Crippen LogP contribution in [-0.2, 0) is 7.05 Å². The van der Waals surface area contributed by atoms with E-state index in [1.165, 1.54) is 0 Å². The molecule has 2 N–H and O–H groups in total. The molecule has 5 nitrogen and oxygen atoms in total. The number of aryl methyl sites for hydroxylation is 1. The first-order valence-electron chi connectivity index (χ1n) is 7.05. The van der Waals surface area contributed by atoms with E-state index < -0.39 is 0 Å². The SMILES string of the molecule is Cn1nc(NC(=O)Nc2cccc(Br)c2)cc1-c1ccccc1. The van der Waals surface area contributed by atoms with E-state index in [4.69, 9.17) is 0 Å². The highest BCUT2D eigenvalue weighted by atomic mass is 79.9. The van der Waals surface area contributed by atoms with Crippen molar-refractivity contribution in [2.45, 2.75) is 0 Å². The number of nitrogens with zero attached hydrogens (tertiary/aromatic N) is 2. The lowest BCUT2D eigenvalue weighted by Crippen LogP contribution is -2.19. The second-order valence-electron chi connectivity index (χ2n) is 4.99. The molecule has 0 radical (unpaired) electrons. The molecule has 1 heterocycles. The molecule has 116 valence electrons. The van der Waals surface area contributed by atoms with E-state index in [2.05, 4.69) is 31.7 Å². The predicted octanol–water partition coefficient (Wildman–Crippen LogP) is 4.49. The first-order valence-corrected chi connectivity index (χ1v) is 7.84. The van der Waals surface area contributed by atoms with Crippen LogP contribution in [0.1, 0.15) is 0 Å². The molecule has 0 atom stereocenters. The van der Waals surface area contributed by atoms with Crippen LogP contribution in [0.5, 0.6) is 0 Å². The number of hydrogen-bond donors (Lipinski definition) is 2. The topological polar surface area (TPSA) is 59.0 Å². The third-order valence-corrected chi connectivity index (χ3v) is 3.77. The highest BCUT2D eigenvalue weighted by molar-refractivity contribution is 9.10. The fourth-order valence-corrected chi connectivity index (χ4v) is 2.65. The molecule has 2 amide bonds. The average molecular weight is 371 g/mol. The largest absolute Gasteiger partial charge is 0.324 e. The molecule has 0 saturated heterocycles. The first-order chi connectivity index (χ1) is 11.1. The van der Waals surface area contributed by atoms with Gasteiger partial charge >= 0.3 is 6.03 Å². The maximum atomic E-state index is 12.1. The summed E-state index contributed by atoms with van der Waals surface area (Å²) in [7, 11) is 1.85. The maximum absolute atomic E-state index is 12.1. The molecular weight excluding hydrogens is 356 g/mol. The molecule has 0 bridgehead atoms. The molecule has 3 rings (SSSR count). The van der Waals surface area contributed by atoms with Gasteiger partial charge < -0.3 is 5.32 Å². The van der Waals surface area contributed by atoms with Gasteiger partial charge in [0.2, 0.25) is 0 Å². The van der Waals surface area contributed by atoms with Crippen LogP contribution in [0.3, 0.4) is 0 Å². The van der Waals surface area contributed by atoms with Crippen LogP contribution >= 0.6 is 15.9 Å². The molecule has 1 aromatic heterocycles. The summed E-state index contributed by atoms with van der Waals surface area (Å²) in [6.07, 6.45) is 0. The number of rotatable bonds is 3. The van der Waals surface area contributed by atoms with E-state index in [-0.39, 0.29) is 6.03 Å². The van der Waals surface area contributed by atoms with E-state index in [1.54, 1.807) is 4.68 Å². The van der Waals surface area contributed by atoms with E-state index in [0.717, 1.165) is 15.7 Å². The molecule has 6 heteroatoms. The third kappa shape index (κ3) is 3.78. The van der Waals surface area contributed by atoms with Crippen LogP contribution < -0.4 is 10.6 Å². The molecule has 0 spiro atoms. The van der Waals surface area contributed by atoms with Gasteiger partial charge in [0.15, 0.2) is 5.82 Å². The van der Waals surface area contributed by atoms with Gasteiger partial charge in [-0.25, -0.2) is 4.79 Å². The normalized spacial score (nSPS) is 10.3. The summed E-state index contributed by atoms with van der Waals surface area (Å²) >= 11 is 3.37.